The molecule has 1 N–H and O–H groups in total. The molecule has 15 heavy (non-hydrogen) atoms. The molecule has 0 spiro atoms. The van der Waals surface area contributed by atoms with Crippen LogP contribution in [0.2, 0.25) is 0 Å². The van der Waals surface area contributed by atoms with Gasteiger partial charge in [0.15, 0.2) is 9.84 Å². The molecule has 0 amide bonds. The van der Waals surface area contributed by atoms with E-state index in [1.165, 1.54) is 6.26 Å². The van der Waals surface area contributed by atoms with E-state index < -0.39 is 15.4 Å². The Labute approximate surface area is 90.7 Å². The third-order valence-corrected chi connectivity index (χ3v) is 3.19. The highest BCUT2D eigenvalue weighted by Gasteiger charge is 2.19. The van der Waals surface area contributed by atoms with Crippen LogP contribution in [0, 0.1) is 0 Å². The Kier molecular flexibility index (Phi) is 3.21. The van der Waals surface area contributed by atoms with Gasteiger partial charge in [-0.15, -0.1) is 0 Å². The summed E-state index contributed by atoms with van der Waals surface area (Å²) in [5.74, 6) is 0. The van der Waals surface area contributed by atoms with Gasteiger partial charge in [-0.25, -0.2) is 8.42 Å². The second kappa shape index (κ2) is 3.94. The second-order valence-corrected chi connectivity index (χ2v) is 6.35. The van der Waals surface area contributed by atoms with Crippen LogP contribution in [-0.2, 0) is 16.3 Å². The first-order valence-corrected chi connectivity index (χ1v) is 6.60. The van der Waals surface area contributed by atoms with Gasteiger partial charge in [-0.1, -0.05) is 18.2 Å². The fourth-order valence-corrected chi connectivity index (χ4v) is 2.42. The van der Waals surface area contributed by atoms with Crippen LogP contribution >= 0.6 is 0 Å². The maximum Gasteiger partial charge on any atom is 0.175 e. The van der Waals surface area contributed by atoms with Crippen molar-refractivity contribution in [3.8, 4) is 0 Å². The molecule has 3 nitrogen and oxygen atoms in total. The number of aliphatic hydroxyl groups is 1. The molecule has 1 aromatic carbocycles. The highest BCUT2D eigenvalue weighted by Crippen LogP contribution is 2.20. The maximum absolute atomic E-state index is 11.5. The van der Waals surface area contributed by atoms with E-state index in [4.69, 9.17) is 0 Å². The number of hydrogen-bond acceptors (Lipinski definition) is 3. The molecule has 0 bridgehead atoms. The maximum atomic E-state index is 11.5. The van der Waals surface area contributed by atoms with Crippen LogP contribution in [0.15, 0.2) is 29.2 Å². The van der Waals surface area contributed by atoms with Crippen molar-refractivity contribution in [1.82, 2.24) is 0 Å². The molecule has 1 rings (SSSR count). The predicted molar refractivity (Wildman–Crippen MR) is 59.6 cm³/mol. The average molecular weight is 228 g/mol. The highest BCUT2D eigenvalue weighted by molar-refractivity contribution is 7.90. The molecule has 0 aromatic heterocycles. The lowest BCUT2D eigenvalue weighted by Crippen LogP contribution is -2.23. The van der Waals surface area contributed by atoms with Gasteiger partial charge < -0.3 is 5.11 Å². The van der Waals surface area contributed by atoms with Gasteiger partial charge in [-0.2, -0.15) is 0 Å². The monoisotopic (exact) mass is 228 g/mol. The Morgan fingerprint density at radius 1 is 1.27 bits per heavy atom. The van der Waals surface area contributed by atoms with Crippen molar-refractivity contribution < 1.29 is 13.5 Å². The summed E-state index contributed by atoms with van der Waals surface area (Å²) >= 11 is 0. The summed E-state index contributed by atoms with van der Waals surface area (Å²) in [6.07, 6.45) is 1.51. The summed E-state index contributed by atoms with van der Waals surface area (Å²) in [4.78, 5) is 0.298. The van der Waals surface area contributed by atoms with Crippen LogP contribution in [0.3, 0.4) is 0 Å². The van der Waals surface area contributed by atoms with Crippen LogP contribution in [-0.4, -0.2) is 25.4 Å². The zero-order chi connectivity index (χ0) is 11.7. The number of rotatable bonds is 3. The summed E-state index contributed by atoms with van der Waals surface area (Å²) in [6.45, 7) is 3.32. The van der Waals surface area contributed by atoms with Crippen molar-refractivity contribution in [3.05, 3.63) is 29.8 Å². The molecule has 0 aliphatic rings. The fourth-order valence-electron chi connectivity index (χ4n) is 1.48. The zero-order valence-corrected chi connectivity index (χ0v) is 10.0. The number of benzene rings is 1. The molecule has 0 saturated carbocycles. The number of sulfone groups is 1. The molecule has 0 heterocycles. The van der Waals surface area contributed by atoms with Crippen molar-refractivity contribution >= 4 is 9.84 Å². The van der Waals surface area contributed by atoms with E-state index in [9.17, 15) is 13.5 Å². The van der Waals surface area contributed by atoms with Crippen LogP contribution in [0.4, 0.5) is 0 Å². The summed E-state index contributed by atoms with van der Waals surface area (Å²) in [5, 5.41) is 9.67. The third kappa shape index (κ3) is 3.64. The fraction of sp³-hybridized carbons (Fsp3) is 0.455. The Morgan fingerprint density at radius 3 is 2.27 bits per heavy atom. The molecule has 1 aromatic rings. The Bertz CT molecular complexity index is 441. The Balaban J connectivity index is 3.20. The summed E-state index contributed by atoms with van der Waals surface area (Å²) in [6, 6.07) is 6.75. The molecule has 0 aliphatic heterocycles. The van der Waals surface area contributed by atoms with Gasteiger partial charge in [-0.3, -0.25) is 0 Å². The lowest BCUT2D eigenvalue weighted by Gasteiger charge is -2.18. The molecule has 0 fully saturated rings. The van der Waals surface area contributed by atoms with Gasteiger partial charge in [0.1, 0.15) is 0 Å². The quantitative estimate of drug-likeness (QED) is 0.851. The van der Waals surface area contributed by atoms with E-state index >= 15 is 0 Å². The first-order valence-electron chi connectivity index (χ1n) is 4.70. The molecule has 4 heteroatoms. The molecule has 0 unspecified atom stereocenters. The summed E-state index contributed by atoms with van der Waals surface area (Å²) in [5.41, 5.74) is -0.242. The highest BCUT2D eigenvalue weighted by atomic mass is 32.2. The van der Waals surface area contributed by atoms with Crippen molar-refractivity contribution in [2.75, 3.05) is 6.26 Å². The first kappa shape index (κ1) is 12.2. The second-order valence-electron chi connectivity index (χ2n) is 4.37. The topological polar surface area (TPSA) is 54.4 Å². The van der Waals surface area contributed by atoms with Gasteiger partial charge in [0.2, 0.25) is 0 Å². The van der Waals surface area contributed by atoms with Gasteiger partial charge in [0.25, 0.3) is 0 Å². The van der Waals surface area contributed by atoms with Crippen LogP contribution < -0.4 is 0 Å². The van der Waals surface area contributed by atoms with E-state index in [0.29, 0.717) is 16.9 Å². The minimum atomic E-state index is -3.22. The minimum Gasteiger partial charge on any atom is -0.390 e. The van der Waals surface area contributed by atoms with Crippen molar-refractivity contribution in [3.63, 3.8) is 0 Å². The Hall–Kier alpha value is -0.870. The van der Waals surface area contributed by atoms with Crippen LogP contribution in [0.25, 0.3) is 0 Å². The van der Waals surface area contributed by atoms with Crippen molar-refractivity contribution in [2.24, 2.45) is 0 Å². The number of hydrogen-bond donors (Lipinski definition) is 1. The molecular weight excluding hydrogens is 212 g/mol. The predicted octanol–water partition coefficient (Wildman–Crippen LogP) is 1.40. The first-order chi connectivity index (χ1) is 6.70. The summed E-state index contributed by atoms with van der Waals surface area (Å²) < 4.78 is 22.9. The largest absolute Gasteiger partial charge is 0.390 e. The Morgan fingerprint density at radius 2 is 1.80 bits per heavy atom. The van der Waals surface area contributed by atoms with Gasteiger partial charge in [0, 0.05) is 12.7 Å². The van der Waals surface area contributed by atoms with Gasteiger partial charge >= 0.3 is 0 Å². The third-order valence-electron chi connectivity index (χ3n) is 2.00. The van der Waals surface area contributed by atoms with E-state index in [-0.39, 0.29) is 0 Å². The lowest BCUT2D eigenvalue weighted by molar-refractivity contribution is 0.0803. The smallest absolute Gasteiger partial charge is 0.175 e. The van der Waals surface area contributed by atoms with Crippen LogP contribution in [0.1, 0.15) is 19.4 Å². The SMILES string of the molecule is CC(C)(O)Cc1ccccc1S(C)(=O)=O. The van der Waals surface area contributed by atoms with Gasteiger partial charge in [-0.05, 0) is 25.5 Å². The normalized spacial score (nSPS) is 12.8. The minimum absolute atomic E-state index is 0.298. The lowest BCUT2D eigenvalue weighted by atomic mass is 9.99. The van der Waals surface area contributed by atoms with E-state index in [2.05, 4.69) is 0 Å². The molecule has 84 valence electrons. The average Bonchev–Trinajstić information content (AvgIpc) is 1.99. The zero-order valence-electron chi connectivity index (χ0n) is 9.19. The van der Waals surface area contributed by atoms with E-state index in [1.807, 2.05) is 0 Å². The van der Waals surface area contributed by atoms with E-state index in [0.717, 1.165) is 0 Å². The molecule has 0 radical (unpaired) electrons. The van der Waals surface area contributed by atoms with Crippen molar-refractivity contribution in [2.45, 2.75) is 30.8 Å². The van der Waals surface area contributed by atoms with E-state index in [1.54, 1.807) is 38.1 Å². The van der Waals surface area contributed by atoms with Crippen molar-refractivity contribution in [1.29, 1.82) is 0 Å². The van der Waals surface area contributed by atoms with Crippen LogP contribution in [0.5, 0.6) is 0 Å². The molecular formula is C11H16O3S. The molecule has 0 saturated heterocycles. The standard InChI is InChI=1S/C11H16O3S/c1-11(2,12)8-9-6-4-5-7-10(9)15(3,13)14/h4-7,12H,8H2,1-3H3. The van der Waals surface area contributed by atoms with Gasteiger partial charge in [0.05, 0.1) is 10.5 Å². The summed E-state index contributed by atoms with van der Waals surface area (Å²) in [7, 11) is -3.22. The molecule has 0 aliphatic carbocycles. The molecule has 0 atom stereocenters.